The molecule has 2 N–H and O–H groups in total. The second kappa shape index (κ2) is 5.34. The lowest BCUT2D eigenvalue weighted by atomic mass is 10.1. The largest absolute Gasteiger partial charge is 0.354 e. The van der Waals surface area contributed by atoms with Gasteiger partial charge in [-0.15, -0.1) is 0 Å². The van der Waals surface area contributed by atoms with Crippen molar-refractivity contribution in [2.75, 3.05) is 25.6 Å². The van der Waals surface area contributed by atoms with E-state index in [1.165, 1.54) is 0 Å². The molecule has 0 saturated heterocycles. The van der Waals surface area contributed by atoms with Crippen molar-refractivity contribution in [3.05, 3.63) is 0 Å². The van der Waals surface area contributed by atoms with Crippen LogP contribution in [-0.2, 0) is 15.6 Å². The van der Waals surface area contributed by atoms with Gasteiger partial charge >= 0.3 is 0 Å². The van der Waals surface area contributed by atoms with E-state index >= 15 is 0 Å². The summed E-state index contributed by atoms with van der Waals surface area (Å²) in [4.78, 5) is 11.4. The number of nitrogens with one attached hydrogen (secondary N) is 2. The van der Waals surface area contributed by atoms with Crippen LogP contribution in [0.15, 0.2) is 0 Å². The number of carbonyl (C=O) groups excluding carboxylic acids is 1. The lowest BCUT2D eigenvalue weighted by Gasteiger charge is -2.22. The second-order valence-corrected chi connectivity index (χ2v) is 4.96. The zero-order valence-electron chi connectivity index (χ0n) is 8.64. The SMILES string of the molecule is CNC(C)(C)C(=O)NCCS(C)=O. The van der Waals surface area contributed by atoms with Crippen LogP contribution in [0.2, 0.25) is 0 Å². The van der Waals surface area contributed by atoms with Crippen molar-refractivity contribution in [3.63, 3.8) is 0 Å². The highest BCUT2D eigenvalue weighted by Crippen LogP contribution is 1.99. The van der Waals surface area contributed by atoms with E-state index < -0.39 is 16.3 Å². The summed E-state index contributed by atoms with van der Waals surface area (Å²) < 4.78 is 10.7. The Hall–Kier alpha value is -0.420. The first-order chi connectivity index (χ1) is 5.90. The Balaban J connectivity index is 3.81. The van der Waals surface area contributed by atoms with Crippen LogP contribution in [0.5, 0.6) is 0 Å². The van der Waals surface area contributed by atoms with Gasteiger partial charge in [-0.1, -0.05) is 0 Å². The molecule has 0 rings (SSSR count). The molecule has 4 nitrogen and oxygen atoms in total. The van der Waals surface area contributed by atoms with E-state index in [1.807, 2.05) is 0 Å². The number of carbonyl (C=O) groups is 1. The molecule has 1 atom stereocenters. The molecule has 0 saturated carbocycles. The first-order valence-corrected chi connectivity index (χ1v) is 5.90. The summed E-state index contributed by atoms with van der Waals surface area (Å²) in [6.07, 6.45) is 1.62. The van der Waals surface area contributed by atoms with Gasteiger partial charge in [0.15, 0.2) is 0 Å². The predicted molar refractivity (Wildman–Crippen MR) is 55.1 cm³/mol. The maximum absolute atomic E-state index is 11.4. The number of hydrogen-bond donors (Lipinski definition) is 2. The van der Waals surface area contributed by atoms with Crippen molar-refractivity contribution in [2.45, 2.75) is 19.4 Å². The minimum absolute atomic E-state index is 0.0690. The molecular formula is C8H18N2O2S. The van der Waals surface area contributed by atoms with E-state index in [1.54, 1.807) is 27.2 Å². The molecule has 0 aromatic carbocycles. The van der Waals surface area contributed by atoms with Gasteiger partial charge in [0.05, 0.1) is 5.54 Å². The van der Waals surface area contributed by atoms with Gasteiger partial charge in [-0.3, -0.25) is 9.00 Å². The summed E-state index contributed by atoms with van der Waals surface area (Å²) >= 11 is 0. The molecule has 0 heterocycles. The zero-order chi connectivity index (χ0) is 10.5. The number of rotatable bonds is 5. The predicted octanol–water partition coefficient (Wildman–Crippen LogP) is -0.521. The van der Waals surface area contributed by atoms with Crippen molar-refractivity contribution in [2.24, 2.45) is 0 Å². The highest BCUT2D eigenvalue weighted by Gasteiger charge is 2.24. The van der Waals surface area contributed by atoms with Crippen molar-refractivity contribution in [3.8, 4) is 0 Å². The minimum Gasteiger partial charge on any atom is -0.354 e. The Morgan fingerprint density at radius 3 is 2.38 bits per heavy atom. The molecule has 0 fully saturated rings. The number of amides is 1. The van der Waals surface area contributed by atoms with Crippen LogP contribution < -0.4 is 10.6 Å². The van der Waals surface area contributed by atoms with Crippen LogP contribution in [0.25, 0.3) is 0 Å². The van der Waals surface area contributed by atoms with Gasteiger partial charge in [0.2, 0.25) is 5.91 Å². The zero-order valence-corrected chi connectivity index (χ0v) is 9.46. The molecule has 0 aliphatic carbocycles. The standard InChI is InChI=1S/C8H18N2O2S/c1-8(2,9-3)7(11)10-5-6-13(4)12/h9H,5-6H2,1-4H3,(H,10,11). The summed E-state index contributed by atoms with van der Waals surface area (Å²) in [5.74, 6) is 0.436. The van der Waals surface area contributed by atoms with Crippen molar-refractivity contribution < 1.29 is 9.00 Å². The van der Waals surface area contributed by atoms with Crippen LogP contribution >= 0.6 is 0 Å². The van der Waals surface area contributed by atoms with Crippen LogP contribution in [0.3, 0.4) is 0 Å². The van der Waals surface area contributed by atoms with Crippen LogP contribution in [0.4, 0.5) is 0 Å². The molecular weight excluding hydrogens is 188 g/mol. The molecule has 0 aliphatic heterocycles. The third-order valence-corrected chi connectivity index (χ3v) is 2.65. The summed E-state index contributed by atoms with van der Waals surface area (Å²) in [6.45, 7) is 4.06. The first-order valence-electron chi connectivity index (χ1n) is 4.17. The molecule has 13 heavy (non-hydrogen) atoms. The maximum Gasteiger partial charge on any atom is 0.239 e. The molecule has 5 heteroatoms. The van der Waals surface area contributed by atoms with E-state index in [0.717, 1.165) is 0 Å². The molecule has 1 unspecified atom stereocenters. The Labute approximate surface area is 81.9 Å². The highest BCUT2D eigenvalue weighted by atomic mass is 32.2. The Morgan fingerprint density at radius 2 is 2.00 bits per heavy atom. The number of hydrogen-bond acceptors (Lipinski definition) is 3. The fourth-order valence-corrected chi connectivity index (χ4v) is 1.03. The van der Waals surface area contributed by atoms with Gasteiger partial charge in [0, 0.05) is 29.4 Å². The fourth-order valence-electron chi connectivity index (χ4n) is 0.643. The molecule has 1 amide bonds. The average molecular weight is 206 g/mol. The van der Waals surface area contributed by atoms with Gasteiger partial charge < -0.3 is 10.6 Å². The van der Waals surface area contributed by atoms with Crippen molar-refractivity contribution >= 4 is 16.7 Å². The second-order valence-electron chi connectivity index (χ2n) is 3.41. The fraction of sp³-hybridized carbons (Fsp3) is 0.875. The number of likely N-dealkylation sites (N-methyl/N-ethyl adjacent to an activating group) is 1. The van der Waals surface area contributed by atoms with E-state index in [2.05, 4.69) is 10.6 Å². The molecule has 0 spiro atoms. The lowest BCUT2D eigenvalue weighted by Crippen LogP contribution is -2.51. The average Bonchev–Trinajstić information content (AvgIpc) is 2.03. The van der Waals surface area contributed by atoms with E-state index in [0.29, 0.717) is 12.3 Å². The summed E-state index contributed by atoms with van der Waals surface area (Å²) in [6, 6.07) is 0. The van der Waals surface area contributed by atoms with E-state index in [-0.39, 0.29) is 5.91 Å². The van der Waals surface area contributed by atoms with Crippen LogP contribution in [0, 0.1) is 0 Å². The molecule has 0 aromatic rings. The van der Waals surface area contributed by atoms with E-state index in [9.17, 15) is 9.00 Å². The third-order valence-electron chi connectivity index (χ3n) is 1.87. The Morgan fingerprint density at radius 1 is 1.46 bits per heavy atom. The van der Waals surface area contributed by atoms with Crippen LogP contribution in [-0.4, -0.2) is 41.3 Å². The lowest BCUT2D eigenvalue weighted by molar-refractivity contribution is -0.126. The summed E-state index contributed by atoms with van der Waals surface area (Å²) in [5, 5.41) is 5.60. The monoisotopic (exact) mass is 206 g/mol. The smallest absolute Gasteiger partial charge is 0.239 e. The molecule has 0 radical (unpaired) electrons. The normalized spacial score (nSPS) is 13.8. The van der Waals surface area contributed by atoms with E-state index in [4.69, 9.17) is 0 Å². The van der Waals surface area contributed by atoms with Crippen LogP contribution in [0.1, 0.15) is 13.8 Å². The van der Waals surface area contributed by atoms with Gasteiger partial charge in [0.25, 0.3) is 0 Å². The molecule has 0 aromatic heterocycles. The molecule has 78 valence electrons. The summed E-state index contributed by atoms with van der Waals surface area (Å²) in [7, 11) is 0.888. The highest BCUT2D eigenvalue weighted by molar-refractivity contribution is 7.84. The van der Waals surface area contributed by atoms with Crippen molar-refractivity contribution in [1.82, 2.24) is 10.6 Å². The minimum atomic E-state index is -0.846. The Kier molecular flexibility index (Phi) is 5.17. The van der Waals surface area contributed by atoms with Crippen molar-refractivity contribution in [1.29, 1.82) is 0 Å². The first kappa shape index (κ1) is 12.6. The molecule has 0 aliphatic rings. The topological polar surface area (TPSA) is 58.2 Å². The van der Waals surface area contributed by atoms with Gasteiger partial charge in [-0.05, 0) is 20.9 Å². The summed E-state index contributed by atoms with van der Waals surface area (Å²) in [5.41, 5.74) is -0.560. The van der Waals surface area contributed by atoms with Gasteiger partial charge in [-0.25, -0.2) is 0 Å². The maximum atomic E-state index is 11.4. The van der Waals surface area contributed by atoms with Gasteiger partial charge in [0.1, 0.15) is 0 Å². The van der Waals surface area contributed by atoms with Gasteiger partial charge in [-0.2, -0.15) is 0 Å². The quantitative estimate of drug-likeness (QED) is 0.636. The molecule has 0 bridgehead atoms. The Bertz CT molecular complexity index is 204. The third kappa shape index (κ3) is 5.00.